The molecule has 6 heteroatoms. The molecule has 0 saturated carbocycles. The predicted octanol–water partition coefficient (Wildman–Crippen LogP) is 2.51. The number of fused-ring (bicyclic) bond motifs is 1. The lowest BCUT2D eigenvalue weighted by molar-refractivity contribution is -0.144. The summed E-state index contributed by atoms with van der Waals surface area (Å²) in [6, 6.07) is 11.3. The Kier molecular flexibility index (Phi) is 4.69. The fourth-order valence-electron chi connectivity index (χ4n) is 3.73. The number of aromatic nitrogens is 2. The van der Waals surface area contributed by atoms with E-state index in [1.807, 2.05) is 55.0 Å². The van der Waals surface area contributed by atoms with Gasteiger partial charge in [0, 0.05) is 67.8 Å². The summed E-state index contributed by atoms with van der Waals surface area (Å²) >= 11 is 0. The molecule has 1 aromatic carbocycles. The number of carboxylic acids is 1. The van der Waals surface area contributed by atoms with Crippen molar-refractivity contribution >= 4 is 16.9 Å². The first-order valence-electron chi connectivity index (χ1n) is 8.86. The lowest BCUT2D eigenvalue weighted by Gasteiger charge is -2.37. The van der Waals surface area contributed by atoms with Crippen molar-refractivity contribution in [2.24, 2.45) is 0 Å². The normalized spacial score (nSPS) is 17.4. The summed E-state index contributed by atoms with van der Waals surface area (Å²) in [7, 11) is 0. The van der Waals surface area contributed by atoms with E-state index < -0.39 is 12.0 Å². The molecule has 4 rings (SSSR count). The molecule has 6 nitrogen and oxygen atoms in total. The van der Waals surface area contributed by atoms with Gasteiger partial charge in [-0.15, -0.1) is 0 Å². The van der Waals surface area contributed by atoms with E-state index in [4.69, 9.17) is 0 Å². The summed E-state index contributed by atoms with van der Waals surface area (Å²) in [5.41, 5.74) is 3.06. The Morgan fingerprint density at radius 1 is 1.12 bits per heavy atom. The Balaban J connectivity index is 1.48. The first kappa shape index (κ1) is 16.8. The highest BCUT2D eigenvalue weighted by Crippen LogP contribution is 2.29. The third kappa shape index (κ3) is 3.34. The summed E-state index contributed by atoms with van der Waals surface area (Å²) in [4.78, 5) is 23.7. The highest BCUT2D eigenvalue weighted by Gasteiger charge is 2.31. The summed E-state index contributed by atoms with van der Waals surface area (Å²) in [5, 5.41) is 10.9. The molecule has 1 atom stereocenters. The van der Waals surface area contributed by atoms with Gasteiger partial charge in [0.05, 0.1) is 0 Å². The molecular formula is C20H22N4O2. The number of hydrogen-bond donors (Lipinski definition) is 2. The zero-order valence-corrected chi connectivity index (χ0v) is 14.5. The van der Waals surface area contributed by atoms with Crippen molar-refractivity contribution in [3.05, 3.63) is 66.1 Å². The number of rotatable bonds is 5. The lowest BCUT2D eigenvalue weighted by atomic mass is 10.0. The molecule has 0 amide bonds. The Bertz CT molecular complexity index is 885. The molecule has 1 saturated heterocycles. The topological polar surface area (TPSA) is 72.5 Å². The molecule has 1 aliphatic rings. The van der Waals surface area contributed by atoms with E-state index in [2.05, 4.69) is 19.8 Å². The molecule has 3 aromatic rings. The second-order valence-corrected chi connectivity index (χ2v) is 6.70. The van der Waals surface area contributed by atoms with Gasteiger partial charge in [0.1, 0.15) is 6.04 Å². The molecule has 2 N–H and O–H groups in total. The van der Waals surface area contributed by atoms with Gasteiger partial charge < -0.3 is 10.1 Å². The van der Waals surface area contributed by atoms with Gasteiger partial charge >= 0.3 is 5.97 Å². The Morgan fingerprint density at radius 3 is 2.58 bits per heavy atom. The van der Waals surface area contributed by atoms with E-state index in [-0.39, 0.29) is 0 Å². The van der Waals surface area contributed by atoms with Gasteiger partial charge in [-0.3, -0.25) is 19.6 Å². The molecule has 3 heterocycles. The number of pyridine rings is 1. The van der Waals surface area contributed by atoms with E-state index >= 15 is 0 Å². The standard InChI is InChI=1S/C20H22N4O2/c25-20(26)19(17-13-22-18-4-2-1-3-16(17)18)24-11-9-23(10-12-24)14-15-5-7-21-8-6-15/h1-8,13,19,22H,9-12,14H2,(H,25,26)/t19-/m0/s1. The van der Waals surface area contributed by atoms with Crippen LogP contribution in [0.4, 0.5) is 0 Å². The van der Waals surface area contributed by atoms with Gasteiger partial charge in [-0.2, -0.15) is 0 Å². The van der Waals surface area contributed by atoms with Crippen LogP contribution in [-0.2, 0) is 11.3 Å². The van der Waals surface area contributed by atoms with Crippen LogP contribution in [0.1, 0.15) is 17.2 Å². The number of carbonyl (C=O) groups is 1. The van der Waals surface area contributed by atoms with Gasteiger partial charge in [-0.25, -0.2) is 0 Å². The van der Waals surface area contributed by atoms with Crippen LogP contribution >= 0.6 is 0 Å². The summed E-state index contributed by atoms with van der Waals surface area (Å²) in [5.74, 6) is -0.794. The van der Waals surface area contributed by atoms with Crippen LogP contribution in [0.3, 0.4) is 0 Å². The summed E-state index contributed by atoms with van der Waals surface area (Å²) < 4.78 is 0. The Morgan fingerprint density at radius 2 is 1.85 bits per heavy atom. The molecule has 0 bridgehead atoms. The Hall–Kier alpha value is -2.70. The second kappa shape index (κ2) is 7.27. The van der Waals surface area contributed by atoms with E-state index in [1.165, 1.54) is 5.56 Å². The Labute approximate surface area is 152 Å². The summed E-state index contributed by atoms with van der Waals surface area (Å²) in [6.45, 7) is 4.06. The maximum atomic E-state index is 12.0. The van der Waals surface area contributed by atoms with Crippen LogP contribution in [0.25, 0.3) is 10.9 Å². The van der Waals surface area contributed by atoms with Crippen molar-refractivity contribution in [2.45, 2.75) is 12.6 Å². The van der Waals surface area contributed by atoms with E-state index in [9.17, 15) is 9.90 Å². The number of nitrogens with zero attached hydrogens (tertiary/aromatic N) is 3. The molecular weight excluding hydrogens is 328 g/mol. The van der Waals surface area contributed by atoms with Crippen molar-refractivity contribution in [1.29, 1.82) is 0 Å². The number of para-hydroxylation sites is 1. The van der Waals surface area contributed by atoms with Gasteiger partial charge in [-0.1, -0.05) is 18.2 Å². The smallest absolute Gasteiger partial charge is 0.325 e. The van der Waals surface area contributed by atoms with Gasteiger partial charge in [0.25, 0.3) is 0 Å². The van der Waals surface area contributed by atoms with Crippen LogP contribution in [0.15, 0.2) is 55.0 Å². The third-order valence-electron chi connectivity index (χ3n) is 5.08. The minimum atomic E-state index is -0.794. The van der Waals surface area contributed by atoms with Crippen molar-refractivity contribution < 1.29 is 9.90 Å². The molecule has 1 fully saturated rings. The molecule has 0 radical (unpaired) electrons. The zero-order chi connectivity index (χ0) is 17.9. The average molecular weight is 350 g/mol. The van der Waals surface area contributed by atoms with Crippen molar-refractivity contribution in [2.75, 3.05) is 26.2 Å². The van der Waals surface area contributed by atoms with Crippen molar-refractivity contribution in [1.82, 2.24) is 19.8 Å². The number of H-pyrrole nitrogens is 1. The van der Waals surface area contributed by atoms with Crippen LogP contribution in [0, 0.1) is 0 Å². The minimum Gasteiger partial charge on any atom is -0.480 e. The average Bonchev–Trinajstić information content (AvgIpc) is 3.08. The van der Waals surface area contributed by atoms with Crippen LogP contribution in [0.2, 0.25) is 0 Å². The van der Waals surface area contributed by atoms with Gasteiger partial charge in [0.2, 0.25) is 0 Å². The minimum absolute atomic E-state index is 0.616. The number of benzene rings is 1. The largest absolute Gasteiger partial charge is 0.480 e. The molecule has 1 aliphatic heterocycles. The number of carboxylic acid groups (broad SMARTS) is 1. The maximum Gasteiger partial charge on any atom is 0.325 e. The van der Waals surface area contributed by atoms with E-state index in [0.29, 0.717) is 0 Å². The zero-order valence-electron chi connectivity index (χ0n) is 14.5. The molecule has 0 spiro atoms. The number of nitrogens with one attached hydrogen (secondary N) is 1. The van der Waals surface area contributed by atoms with Gasteiger partial charge in [0.15, 0.2) is 0 Å². The molecule has 134 valence electrons. The quantitative estimate of drug-likeness (QED) is 0.740. The number of piperazine rings is 1. The first-order chi connectivity index (χ1) is 12.7. The predicted molar refractivity (Wildman–Crippen MR) is 99.8 cm³/mol. The summed E-state index contributed by atoms with van der Waals surface area (Å²) in [6.07, 6.45) is 5.46. The van der Waals surface area contributed by atoms with Crippen LogP contribution < -0.4 is 0 Å². The molecule has 2 aromatic heterocycles. The van der Waals surface area contributed by atoms with E-state index in [0.717, 1.165) is 49.2 Å². The number of aromatic amines is 1. The fraction of sp³-hybridized carbons (Fsp3) is 0.300. The highest BCUT2D eigenvalue weighted by molar-refractivity contribution is 5.89. The van der Waals surface area contributed by atoms with Crippen molar-refractivity contribution in [3.63, 3.8) is 0 Å². The highest BCUT2D eigenvalue weighted by atomic mass is 16.4. The fourth-order valence-corrected chi connectivity index (χ4v) is 3.73. The first-order valence-corrected chi connectivity index (χ1v) is 8.86. The van der Waals surface area contributed by atoms with Crippen molar-refractivity contribution in [3.8, 4) is 0 Å². The number of aliphatic carboxylic acids is 1. The van der Waals surface area contributed by atoms with E-state index in [1.54, 1.807) is 0 Å². The number of hydrogen-bond acceptors (Lipinski definition) is 4. The second-order valence-electron chi connectivity index (χ2n) is 6.70. The van der Waals surface area contributed by atoms with Crippen LogP contribution in [-0.4, -0.2) is 57.0 Å². The molecule has 26 heavy (non-hydrogen) atoms. The van der Waals surface area contributed by atoms with Gasteiger partial charge in [-0.05, 0) is 23.8 Å². The molecule has 0 unspecified atom stereocenters. The SMILES string of the molecule is O=C(O)[C@H](c1c[nH]c2ccccc12)N1CCN(Cc2ccncc2)CC1. The maximum absolute atomic E-state index is 12.0. The monoisotopic (exact) mass is 350 g/mol. The molecule has 0 aliphatic carbocycles. The third-order valence-corrected chi connectivity index (χ3v) is 5.08. The lowest BCUT2D eigenvalue weighted by Crippen LogP contribution is -2.48. The van der Waals surface area contributed by atoms with Crippen LogP contribution in [0.5, 0.6) is 0 Å².